The Bertz CT molecular complexity index is 929. The SMILES string of the molecule is O=S(=O)(O)C(F)(F)C(F)(F)C(F)(F)S(=O)(=O)N1CCC(Cc2ccccc2)CC1. The molecule has 0 spiro atoms. The summed E-state index contributed by atoms with van der Waals surface area (Å²) in [5.41, 5.74) is 0.887. The highest BCUT2D eigenvalue weighted by molar-refractivity contribution is 7.90. The van der Waals surface area contributed by atoms with Crippen molar-refractivity contribution in [3.8, 4) is 0 Å². The Hall–Kier alpha value is -1.38. The number of hydrogen-bond acceptors (Lipinski definition) is 4. The Balaban J connectivity index is 2.20. The zero-order chi connectivity index (χ0) is 22.3. The van der Waals surface area contributed by atoms with E-state index >= 15 is 0 Å². The zero-order valence-electron chi connectivity index (χ0n) is 14.6. The van der Waals surface area contributed by atoms with Gasteiger partial charge in [-0.25, -0.2) is 8.42 Å². The molecule has 0 unspecified atom stereocenters. The molecule has 1 aliphatic rings. The van der Waals surface area contributed by atoms with Crippen LogP contribution < -0.4 is 0 Å². The van der Waals surface area contributed by atoms with Crippen LogP contribution in [0.1, 0.15) is 18.4 Å². The topological polar surface area (TPSA) is 91.7 Å². The van der Waals surface area contributed by atoms with Crippen molar-refractivity contribution in [2.24, 2.45) is 5.92 Å². The van der Waals surface area contributed by atoms with E-state index in [0.717, 1.165) is 5.56 Å². The Kier molecular flexibility index (Phi) is 6.35. The third-order valence-corrected chi connectivity index (χ3v) is 7.51. The van der Waals surface area contributed by atoms with Gasteiger partial charge in [-0.2, -0.15) is 39.1 Å². The van der Waals surface area contributed by atoms with E-state index in [9.17, 15) is 43.2 Å². The van der Waals surface area contributed by atoms with Crippen LogP contribution in [0.5, 0.6) is 0 Å². The van der Waals surface area contributed by atoms with Crippen LogP contribution in [-0.4, -0.2) is 55.2 Å². The molecule has 1 fully saturated rings. The second kappa shape index (κ2) is 7.71. The highest BCUT2D eigenvalue weighted by atomic mass is 32.2. The number of benzene rings is 1. The third kappa shape index (κ3) is 4.11. The summed E-state index contributed by atoms with van der Waals surface area (Å²) >= 11 is 0. The maximum absolute atomic E-state index is 14.0. The van der Waals surface area contributed by atoms with Crippen molar-refractivity contribution in [2.45, 2.75) is 35.7 Å². The quantitative estimate of drug-likeness (QED) is 0.490. The summed E-state index contributed by atoms with van der Waals surface area (Å²) in [6.45, 7) is -1.27. The predicted molar refractivity (Wildman–Crippen MR) is 89.8 cm³/mol. The van der Waals surface area contributed by atoms with Crippen LogP contribution in [0, 0.1) is 5.92 Å². The molecule has 1 N–H and O–H groups in total. The molecule has 29 heavy (non-hydrogen) atoms. The van der Waals surface area contributed by atoms with Crippen LogP contribution in [0.2, 0.25) is 0 Å². The molecular weight excluding hydrogens is 452 g/mol. The van der Waals surface area contributed by atoms with E-state index in [1.54, 1.807) is 30.3 Å². The lowest BCUT2D eigenvalue weighted by Crippen LogP contribution is -2.63. The molecule has 14 heteroatoms. The molecule has 0 aromatic heterocycles. The number of sulfonamides is 1. The van der Waals surface area contributed by atoms with Gasteiger partial charge < -0.3 is 0 Å². The number of hydrogen-bond donors (Lipinski definition) is 1. The highest BCUT2D eigenvalue weighted by Crippen LogP contribution is 2.51. The fourth-order valence-electron chi connectivity index (χ4n) is 2.96. The Labute approximate surface area is 163 Å². The number of rotatable bonds is 7. The van der Waals surface area contributed by atoms with Gasteiger partial charge in [0.2, 0.25) is 0 Å². The van der Waals surface area contributed by atoms with E-state index < -0.39 is 49.7 Å². The van der Waals surface area contributed by atoms with Gasteiger partial charge in [-0.15, -0.1) is 0 Å². The summed E-state index contributed by atoms with van der Waals surface area (Å²) < 4.78 is 135. The van der Waals surface area contributed by atoms with Crippen molar-refractivity contribution in [3.63, 3.8) is 0 Å². The van der Waals surface area contributed by atoms with E-state index in [4.69, 9.17) is 4.55 Å². The molecule has 1 aromatic rings. The first-order valence-corrected chi connectivity index (χ1v) is 11.1. The Morgan fingerprint density at radius 3 is 1.83 bits per heavy atom. The number of alkyl halides is 6. The van der Waals surface area contributed by atoms with Gasteiger partial charge in [0.05, 0.1) is 0 Å². The largest absolute Gasteiger partial charge is 0.439 e. The van der Waals surface area contributed by atoms with E-state index in [-0.39, 0.29) is 23.1 Å². The Morgan fingerprint density at radius 2 is 1.38 bits per heavy atom. The smallest absolute Gasteiger partial charge is 0.281 e. The summed E-state index contributed by atoms with van der Waals surface area (Å²) in [7, 11) is -13.4. The average molecular weight is 469 g/mol. The van der Waals surface area contributed by atoms with Gasteiger partial charge in [0.1, 0.15) is 0 Å². The van der Waals surface area contributed by atoms with Crippen LogP contribution in [0.15, 0.2) is 30.3 Å². The van der Waals surface area contributed by atoms with Crippen LogP contribution in [0.4, 0.5) is 26.3 Å². The van der Waals surface area contributed by atoms with Crippen LogP contribution in [0.25, 0.3) is 0 Å². The molecular formula is C15H17F6NO5S2. The van der Waals surface area contributed by atoms with Crippen LogP contribution in [0.3, 0.4) is 0 Å². The Morgan fingerprint density at radius 1 is 0.897 bits per heavy atom. The van der Waals surface area contributed by atoms with Crippen molar-refractivity contribution in [3.05, 3.63) is 35.9 Å². The van der Waals surface area contributed by atoms with Crippen molar-refractivity contribution >= 4 is 20.1 Å². The summed E-state index contributed by atoms with van der Waals surface area (Å²) in [6, 6.07) is 8.85. The lowest BCUT2D eigenvalue weighted by atomic mass is 9.91. The molecule has 6 nitrogen and oxygen atoms in total. The molecule has 0 aliphatic carbocycles. The minimum absolute atomic E-state index is 0.00443. The van der Waals surface area contributed by atoms with Crippen molar-refractivity contribution < 1.29 is 47.7 Å². The summed E-state index contributed by atoms with van der Waals surface area (Å²) in [6.07, 6.45) is 0.483. The van der Waals surface area contributed by atoms with Gasteiger partial charge in [-0.3, -0.25) is 4.55 Å². The molecule has 0 saturated carbocycles. The van der Waals surface area contributed by atoms with Crippen LogP contribution in [-0.2, 0) is 26.6 Å². The summed E-state index contributed by atoms with van der Waals surface area (Å²) in [4.78, 5) is 0. The molecule has 0 atom stereocenters. The first-order chi connectivity index (χ1) is 13.1. The van der Waals surface area contributed by atoms with Gasteiger partial charge in [0, 0.05) is 13.1 Å². The minimum Gasteiger partial charge on any atom is -0.281 e. The molecule has 1 heterocycles. The summed E-state index contributed by atoms with van der Waals surface area (Å²) in [5.74, 6) is -7.06. The molecule has 0 bridgehead atoms. The van der Waals surface area contributed by atoms with Crippen molar-refractivity contribution in [1.82, 2.24) is 4.31 Å². The number of piperidine rings is 1. The predicted octanol–water partition coefficient (Wildman–Crippen LogP) is 2.98. The number of nitrogens with zero attached hydrogens (tertiary/aromatic N) is 1. The average Bonchev–Trinajstić information content (AvgIpc) is 2.61. The number of halogens is 6. The molecule has 1 saturated heterocycles. The van der Waals surface area contributed by atoms with Crippen molar-refractivity contribution in [2.75, 3.05) is 13.1 Å². The molecule has 0 amide bonds. The van der Waals surface area contributed by atoms with Crippen molar-refractivity contribution in [1.29, 1.82) is 0 Å². The van der Waals surface area contributed by atoms with Gasteiger partial charge in [-0.1, -0.05) is 30.3 Å². The van der Waals surface area contributed by atoms with Crippen LogP contribution >= 0.6 is 0 Å². The van der Waals surface area contributed by atoms with Gasteiger partial charge >= 0.3 is 26.5 Å². The second-order valence-electron chi connectivity index (χ2n) is 6.62. The van der Waals surface area contributed by atoms with E-state index in [1.807, 2.05) is 0 Å². The highest BCUT2D eigenvalue weighted by Gasteiger charge is 2.82. The van der Waals surface area contributed by atoms with E-state index in [1.165, 1.54) is 0 Å². The third-order valence-electron chi connectivity index (χ3n) is 4.66. The molecule has 0 radical (unpaired) electrons. The molecule has 166 valence electrons. The standard InChI is InChI=1S/C15H17F6NO5S2/c16-13(17,15(20,21)29(25,26)27)14(18,19)28(23,24)22-8-6-12(7-9-22)10-11-4-2-1-3-5-11/h1-5,12H,6-10H2,(H,25,26,27). The normalized spacial score (nSPS) is 18.7. The first kappa shape index (κ1) is 23.9. The minimum atomic E-state index is -7.02. The maximum Gasteiger partial charge on any atom is 0.439 e. The maximum atomic E-state index is 14.0. The zero-order valence-corrected chi connectivity index (χ0v) is 16.2. The summed E-state index contributed by atoms with van der Waals surface area (Å²) in [5, 5.41) is -13.2. The van der Waals surface area contributed by atoms with E-state index in [0.29, 0.717) is 6.42 Å². The second-order valence-corrected chi connectivity index (χ2v) is 10.1. The van der Waals surface area contributed by atoms with Gasteiger partial charge in [-0.05, 0) is 30.7 Å². The molecule has 2 rings (SSSR count). The first-order valence-electron chi connectivity index (χ1n) is 8.20. The monoisotopic (exact) mass is 469 g/mol. The van der Waals surface area contributed by atoms with Gasteiger partial charge in [0.15, 0.2) is 0 Å². The van der Waals surface area contributed by atoms with Gasteiger partial charge in [0.25, 0.3) is 10.0 Å². The van der Waals surface area contributed by atoms with E-state index in [2.05, 4.69) is 0 Å². The molecule has 1 aromatic carbocycles. The fourth-order valence-corrected chi connectivity index (χ4v) is 4.94. The fraction of sp³-hybridized carbons (Fsp3) is 0.600. The lowest BCUT2D eigenvalue weighted by Gasteiger charge is -2.36. The molecule has 1 aliphatic heterocycles. The lowest BCUT2D eigenvalue weighted by molar-refractivity contribution is -0.247.